The van der Waals surface area contributed by atoms with E-state index in [2.05, 4.69) is 30.9 Å². The van der Waals surface area contributed by atoms with Gasteiger partial charge in [-0.1, -0.05) is 23.4 Å². The fourth-order valence-corrected chi connectivity index (χ4v) is 2.06. The van der Waals surface area contributed by atoms with Crippen molar-refractivity contribution in [3.8, 4) is 0 Å². The topological polar surface area (TPSA) is 122 Å². The monoisotopic (exact) mass is 335 g/mol. The molecule has 0 aliphatic carbocycles. The van der Waals surface area contributed by atoms with Crippen molar-refractivity contribution in [1.82, 2.24) is 25.9 Å². The maximum atomic E-state index is 12.3. The molecule has 9 heteroatoms. The fraction of sp³-hybridized carbons (Fsp3) is 0.357. The molecule has 8 nitrogen and oxygen atoms in total. The van der Waals surface area contributed by atoms with Crippen molar-refractivity contribution in [2.45, 2.75) is 18.9 Å². The smallest absolute Gasteiger partial charge is 0.251 e. The number of carbonyl (C=O) groups is 1. The van der Waals surface area contributed by atoms with Gasteiger partial charge in [-0.3, -0.25) is 9.79 Å². The van der Waals surface area contributed by atoms with Gasteiger partial charge in [0.25, 0.3) is 5.91 Å². The molecule has 4 N–H and O–H groups in total. The minimum Gasteiger partial charge on any atom is -0.386 e. The summed E-state index contributed by atoms with van der Waals surface area (Å²) in [5.74, 6) is 0.850. The zero-order valence-electron chi connectivity index (χ0n) is 12.4. The van der Waals surface area contributed by atoms with E-state index in [1.165, 1.54) is 0 Å². The number of benzene rings is 1. The first-order valence-electron chi connectivity index (χ1n) is 7.14. The van der Waals surface area contributed by atoms with Gasteiger partial charge in [-0.05, 0) is 25.0 Å². The molecule has 1 atom stereocenters. The van der Waals surface area contributed by atoms with Crippen molar-refractivity contribution in [1.29, 1.82) is 0 Å². The van der Waals surface area contributed by atoms with Crippen LogP contribution < -0.4 is 11.1 Å². The average Bonchev–Trinajstić information content (AvgIpc) is 3.12. The first-order chi connectivity index (χ1) is 11.2. The third-order valence-electron chi connectivity index (χ3n) is 3.12. The van der Waals surface area contributed by atoms with Gasteiger partial charge in [0.05, 0.1) is 11.9 Å². The summed E-state index contributed by atoms with van der Waals surface area (Å²) in [7, 11) is 0. The largest absolute Gasteiger partial charge is 0.386 e. The predicted octanol–water partition coefficient (Wildman–Crippen LogP) is 1.05. The number of halogens is 1. The minimum atomic E-state index is -0.353. The second-order valence-electron chi connectivity index (χ2n) is 4.81. The van der Waals surface area contributed by atoms with E-state index in [0.29, 0.717) is 36.6 Å². The number of nitrogens with one attached hydrogen (secondary N) is 2. The van der Waals surface area contributed by atoms with Crippen molar-refractivity contribution in [3.05, 3.63) is 41.7 Å². The predicted molar refractivity (Wildman–Crippen MR) is 87.3 cm³/mol. The lowest BCUT2D eigenvalue weighted by Crippen LogP contribution is -2.29. The van der Waals surface area contributed by atoms with E-state index in [0.717, 1.165) is 0 Å². The molecule has 0 aliphatic heterocycles. The molecule has 0 bridgehead atoms. The van der Waals surface area contributed by atoms with Crippen molar-refractivity contribution in [2.75, 3.05) is 12.4 Å². The van der Waals surface area contributed by atoms with E-state index < -0.39 is 0 Å². The normalized spacial score (nSPS) is 12.8. The maximum Gasteiger partial charge on any atom is 0.251 e. The highest BCUT2D eigenvalue weighted by Crippen LogP contribution is 2.14. The lowest BCUT2D eigenvalue weighted by atomic mass is 10.1. The van der Waals surface area contributed by atoms with Gasteiger partial charge in [0.15, 0.2) is 5.82 Å². The Morgan fingerprint density at radius 1 is 1.39 bits per heavy atom. The molecule has 122 valence electrons. The zero-order chi connectivity index (χ0) is 16.5. The van der Waals surface area contributed by atoms with Crippen LogP contribution in [0.3, 0.4) is 0 Å². The molecule has 0 saturated heterocycles. The number of H-pyrrole nitrogens is 1. The quantitative estimate of drug-likeness (QED) is 0.288. The highest BCUT2D eigenvalue weighted by Gasteiger charge is 2.19. The summed E-state index contributed by atoms with van der Waals surface area (Å²) in [6.07, 6.45) is 1.31. The van der Waals surface area contributed by atoms with Crippen LogP contribution in [0.25, 0.3) is 0 Å². The molecule has 1 amide bonds. The lowest BCUT2D eigenvalue weighted by molar-refractivity contribution is 0.0932. The van der Waals surface area contributed by atoms with Crippen molar-refractivity contribution in [2.24, 2.45) is 10.7 Å². The maximum absolute atomic E-state index is 12.3. The molecule has 1 aromatic carbocycles. The second-order valence-corrected chi connectivity index (χ2v) is 5.08. The molecule has 0 aliphatic rings. The third kappa shape index (κ3) is 5.33. The van der Waals surface area contributed by atoms with Crippen molar-refractivity contribution < 1.29 is 4.79 Å². The Balaban J connectivity index is 1.97. The van der Waals surface area contributed by atoms with Gasteiger partial charge < -0.3 is 11.1 Å². The highest BCUT2D eigenvalue weighted by molar-refractivity contribution is 6.27. The van der Waals surface area contributed by atoms with Gasteiger partial charge in [0, 0.05) is 12.1 Å². The Morgan fingerprint density at radius 2 is 2.17 bits per heavy atom. The average molecular weight is 336 g/mol. The number of carbonyl (C=O) groups excluding carboxylic acids is 1. The van der Waals surface area contributed by atoms with Crippen molar-refractivity contribution in [3.63, 3.8) is 0 Å². The van der Waals surface area contributed by atoms with Crippen molar-refractivity contribution >= 4 is 23.3 Å². The number of aromatic amines is 1. The number of rotatable bonds is 8. The SMILES string of the molecule is NC(CCl)=NCCC[C@H](NC(=O)c1ccccc1)c1nn[nH]n1. The Morgan fingerprint density at radius 3 is 2.83 bits per heavy atom. The van der Waals surface area contributed by atoms with Crippen LogP contribution in [-0.2, 0) is 0 Å². The number of nitrogens with zero attached hydrogens (tertiary/aromatic N) is 4. The van der Waals surface area contributed by atoms with E-state index in [9.17, 15) is 4.79 Å². The number of amidine groups is 1. The van der Waals surface area contributed by atoms with E-state index in [1.807, 2.05) is 18.2 Å². The van der Waals surface area contributed by atoms with Crippen LogP contribution in [-0.4, -0.2) is 44.8 Å². The van der Waals surface area contributed by atoms with E-state index in [4.69, 9.17) is 17.3 Å². The molecule has 0 unspecified atom stereocenters. The van der Waals surface area contributed by atoms with Crippen LogP contribution in [0.5, 0.6) is 0 Å². The lowest BCUT2D eigenvalue weighted by Gasteiger charge is -2.15. The third-order valence-corrected chi connectivity index (χ3v) is 3.39. The zero-order valence-corrected chi connectivity index (χ0v) is 13.2. The van der Waals surface area contributed by atoms with Gasteiger partial charge >= 0.3 is 0 Å². The summed E-state index contributed by atoms with van der Waals surface area (Å²) in [6, 6.07) is 8.60. The number of hydrogen-bond acceptors (Lipinski definition) is 5. The van der Waals surface area contributed by atoms with Crippen LogP contribution in [0.4, 0.5) is 0 Å². The fourth-order valence-electron chi connectivity index (χ4n) is 1.97. The molecule has 0 fully saturated rings. The van der Waals surface area contributed by atoms with Crippen LogP contribution >= 0.6 is 11.6 Å². The molecule has 0 spiro atoms. The van der Waals surface area contributed by atoms with Crippen LogP contribution in [0, 0.1) is 0 Å². The summed E-state index contributed by atoms with van der Waals surface area (Å²) < 4.78 is 0. The Bertz CT molecular complexity index is 630. The van der Waals surface area contributed by atoms with Gasteiger partial charge in [-0.2, -0.15) is 5.21 Å². The number of alkyl halides is 1. The number of amides is 1. The van der Waals surface area contributed by atoms with Crippen LogP contribution in [0.15, 0.2) is 35.3 Å². The van der Waals surface area contributed by atoms with Gasteiger partial charge in [0.1, 0.15) is 5.84 Å². The molecule has 1 aromatic heterocycles. The number of aromatic nitrogens is 4. The molecular weight excluding hydrogens is 318 g/mol. The minimum absolute atomic E-state index is 0.191. The number of hydrogen-bond donors (Lipinski definition) is 3. The van der Waals surface area contributed by atoms with E-state index >= 15 is 0 Å². The second kappa shape index (κ2) is 8.84. The Hall–Kier alpha value is -2.48. The first kappa shape index (κ1) is 16.9. The summed E-state index contributed by atoms with van der Waals surface area (Å²) in [6.45, 7) is 0.522. The standard InChI is InChI=1S/C14H18ClN7O/c15-9-12(16)17-8-4-7-11(13-19-21-22-20-13)18-14(23)10-5-2-1-3-6-10/h1-3,5-6,11H,4,7-9H2,(H2,16,17)(H,18,23)(H,19,20,21,22)/t11-/m0/s1. The summed E-state index contributed by atoms with van der Waals surface area (Å²) in [5, 5.41) is 16.7. The summed E-state index contributed by atoms with van der Waals surface area (Å²) in [5.41, 5.74) is 6.12. The first-order valence-corrected chi connectivity index (χ1v) is 7.68. The van der Waals surface area contributed by atoms with Gasteiger partial charge in [-0.25, -0.2) is 0 Å². The van der Waals surface area contributed by atoms with Crippen LogP contribution in [0.2, 0.25) is 0 Å². The highest BCUT2D eigenvalue weighted by atomic mass is 35.5. The Labute approximate surface area is 138 Å². The number of aliphatic imine (C=N–C) groups is 1. The molecule has 2 rings (SSSR count). The molecule has 2 aromatic rings. The molecule has 1 heterocycles. The number of nitrogens with two attached hydrogens (primary N) is 1. The molecule has 0 saturated carbocycles. The van der Waals surface area contributed by atoms with Gasteiger partial charge in [0.2, 0.25) is 0 Å². The summed E-state index contributed by atoms with van der Waals surface area (Å²) in [4.78, 5) is 16.4. The van der Waals surface area contributed by atoms with Gasteiger partial charge in [-0.15, -0.1) is 21.8 Å². The summed E-state index contributed by atoms with van der Waals surface area (Å²) >= 11 is 5.57. The van der Waals surface area contributed by atoms with E-state index in [-0.39, 0.29) is 17.8 Å². The Kier molecular flexibility index (Phi) is 6.49. The molecule has 23 heavy (non-hydrogen) atoms. The number of tetrazole rings is 1. The van der Waals surface area contributed by atoms with E-state index in [1.54, 1.807) is 12.1 Å². The molecule has 0 radical (unpaired) electrons. The molecular formula is C14H18ClN7O. The van der Waals surface area contributed by atoms with Crippen LogP contribution in [0.1, 0.15) is 35.1 Å².